The Kier molecular flexibility index (Phi) is 2.15. The van der Waals surface area contributed by atoms with Crippen LogP contribution in [0.1, 0.15) is 17.9 Å². The number of para-hydroxylation sites is 1. The smallest absolute Gasteiger partial charge is 0.221 e. The molecule has 0 heterocycles. The monoisotopic (exact) mass is 191 g/mol. The Morgan fingerprint density at radius 2 is 2.21 bits per heavy atom. The summed E-state index contributed by atoms with van der Waals surface area (Å²) < 4.78 is 5.22. The summed E-state index contributed by atoms with van der Waals surface area (Å²) in [7, 11) is 1.64. The molecular weight excluding hydrogens is 178 g/mol. The first-order valence-electron chi connectivity index (χ1n) is 4.66. The maximum absolute atomic E-state index is 10.9. The molecule has 2 rings (SSSR count). The van der Waals surface area contributed by atoms with Gasteiger partial charge < -0.3 is 10.5 Å². The summed E-state index contributed by atoms with van der Waals surface area (Å²) in [5, 5.41) is 0. The summed E-state index contributed by atoms with van der Waals surface area (Å²) in [6.45, 7) is 0. The van der Waals surface area contributed by atoms with Crippen LogP contribution in [0.3, 0.4) is 0 Å². The fourth-order valence-electron chi connectivity index (χ4n) is 1.83. The lowest BCUT2D eigenvalue weighted by molar-refractivity contribution is -0.119. The van der Waals surface area contributed by atoms with Gasteiger partial charge in [-0.3, -0.25) is 4.79 Å². The van der Waals surface area contributed by atoms with Gasteiger partial charge in [0.1, 0.15) is 5.75 Å². The third-order valence-electron chi connectivity index (χ3n) is 2.69. The normalized spacial score (nSPS) is 24.4. The van der Waals surface area contributed by atoms with Crippen LogP contribution in [0.25, 0.3) is 0 Å². The Hall–Kier alpha value is -1.51. The lowest BCUT2D eigenvalue weighted by atomic mass is 10.1. The maximum Gasteiger partial charge on any atom is 0.221 e. The minimum absolute atomic E-state index is 0.00583. The van der Waals surface area contributed by atoms with E-state index in [-0.39, 0.29) is 17.7 Å². The van der Waals surface area contributed by atoms with Crippen LogP contribution in [-0.4, -0.2) is 13.0 Å². The number of methoxy groups -OCH3 is 1. The average molecular weight is 191 g/mol. The van der Waals surface area contributed by atoms with E-state index in [1.54, 1.807) is 7.11 Å². The summed E-state index contributed by atoms with van der Waals surface area (Å²) >= 11 is 0. The average Bonchev–Trinajstić information content (AvgIpc) is 2.97. The van der Waals surface area contributed by atoms with Gasteiger partial charge in [0, 0.05) is 5.92 Å². The second-order valence-corrected chi connectivity index (χ2v) is 3.59. The van der Waals surface area contributed by atoms with E-state index in [0.29, 0.717) is 0 Å². The van der Waals surface area contributed by atoms with Gasteiger partial charge in [-0.15, -0.1) is 0 Å². The van der Waals surface area contributed by atoms with Gasteiger partial charge in [0.15, 0.2) is 0 Å². The summed E-state index contributed by atoms with van der Waals surface area (Å²) in [4.78, 5) is 10.9. The highest BCUT2D eigenvalue weighted by Gasteiger charge is 2.43. The van der Waals surface area contributed by atoms with Gasteiger partial charge in [-0.2, -0.15) is 0 Å². The van der Waals surface area contributed by atoms with Crippen LogP contribution in [0.4, 0.5) is 0 Å². The van der Waals surface area contributed by atoms with Crippen LogP contribution >= 0.6 is 0 Å². The van der Waals surface area contributed by atoms with Crippen LogP contribution in [0.15, 0.2) is 24.3 Å². The van der Waals surface area contributed by atoms with Crippen LogP contribution in [0, 0.1) is 5.92 Å². The van der Waals surface area contributed by atoms with E-state index in [0.717, 1.165) is 17.7 Å². The van der Waals surface area contributed by atoms with Crippen molar-refractivity contribution in [1.29, 1.82) is 0 Å². The molecule has 1 aliphatic carbocycles. The standard InChI is InChI=1S/C11H13NO2/c1-14-10-5-3-2-4-7(10)8-6-9(8)11(12)13/h2-5,8-9H,6H2,1H3,(H2,12,13)/t8-,9+/m1/s1. The Balaban J connectivity index is 2.22. The van der Waals surface area contributed by atoms with Crippen molar-refractivity contribution in [3.8, 4) is 5.75 Å². The predicted octanol–water partition coefficient (Wildman–Crippen LogP) is 1.28. The number of carbonyl (C=O) groups excluding carboxylic acids is 1. The number of carbonyl (C=O) groups is 1. The SMILES string of the molecule is COc1ccccc1[C@H]1C[C@@H]1C(N)=O. The lowest BCUT2D eigenvalue weighted by Crippen LogP contribution is -2.13. The number of hydrogen-bond acceptors (Lipinski definition) is 2. The molecule has 3 heteroatoms. The quantitative estimate of drug-likeness (QED) is 0.782. The third-order valence-corrected chi connectivity index (χ3v) is 2.69. The molecule has 1 aliphatic rings. The first kappa shape index (κ1) is 9.06. The first-order valence-corrected chi connectivity index (χ1v) is 4.66. The molecular formula is C11H13NO2. The van der Waals surface area contributed by atoms with Crippen molar-refractivity contribution < 1.29 is 9.53 Å². The number of benzene rings is 1. The van der Waals surface area contributed by atoms with Crippen molar-refractivity contribution in [2.75, 3.05) is 7.11 Å². The molecule has 0 bridgehead atoms. The van der Waals surface area contributed by atoms with Gasteiger partial charge in [-0.25, -0.2) is 0 Å². The second kappa shape index (κ2) is 3.33. The number of amides is 1. The van der Waals surface area contributed by atoms with Crippen molar-refractivity contribution in [1.82, 2.24) is 0 Å². The summed E-state index contributed by atoms with van der Waals surface area (Å²) in [6, 6.07) is 7.77. The van der Waals surface area contributed by atoms with Gasteiger partial charge in [0.2, 0.25) is 5.91 Å². The van der Waals surface area contributed by atoms with Crippen molar-refractivity contribution >= 4 is 5.91 Å². The highest BCUT2D eigenvalue weighted by molar-refractivity contribution is 5.81. The van der Waals surface area contributed by atoms with Gasteiger partial charge in [0.05, 0.1) is 7.11 Å². The molecule has 2 N–H and O–H groups in total. The largest absolute Gasteiger partial charge is 0.496 e. The van der Waals surface area contributed by atoms with E-state index in [9.17, 15) is 4.79 Å². The highest BCUT2D eigenvalue weighted by atomic mass is 16.5. The maximum atomic E-state index is 10.9. The molecule has 0 saturated heterocycles. The van der Waals surface area contributed by atoms with Crippen molar-refractivity contribution in [2.45, 2.75) is 12.3 Å². The Labute approximate surface area is 82.9 Å². The molecule has 2 atom stereocenters. The fourth-order valence-corrected chi connectivity index (χ4v) is 1.83. The van der Waals surface area contributed by atoms with E-state index in [1.807, 2.05) is 24.3 Å². The zero-order valence-corrected chi connectivity index (χ0v) is 8.07. The van der Waals surface area contributed by atoms with E-state index < -0.39 is 0 Å². The van der Waals surface area contributed by atoms with E-state index in [2.05, 4.69) is 0 Å². The zero-order valence-electron chi connectivity index (χ0n) is 8.07. The molecule has 0 aliphatic heterocycles. The number of hydrogen-bond donors (Lipinski definition) is 1. The number of primary amides is 1. The molecule has 1 aromatic rings. The predicted molar refractivity (Wildman–Crippen MR) is 53.0 cm³/mol. The number of nitrogens with two attached hydrogens (primary N) is 1. The Morgan fingerprint density at radius 1 is 1.50 bits per heavy atom. The van der Waals surface area contributed by atoms with Gasteiger partial charge >= 0.3 is 0 Å². The lowest BCUT2D eigenvalue weighted by Gasteiger charge is -2.06. The van der Waals surface area contributed by atoms with Crippen LogP contribution in [-0.2, 0) is 4.79 Å². The summed E-state index contributed by atoms with van der Waals surface area (Å²) in [5.74, 6) is 0.914. The first-order chi connectivity index (χ1) is 6.74. The van der Waals surface area contributed by atoms with Gasteiger partial charge in [-0.1, -0.05) is 18.2 Å². The minimum Gasteiger partial charge on any atom is -0.496 e. The summed E-state index contributed by atoms with van der Waals surface area (Å²) in [6.07, 6.45) is 0.857. The Bertz CT molecular complexity index is 362. The zero-order chi connectivity index (χ0) is 10.1. The van der Waals surface area contributed by atoms with E-state index >= 15 is 0 Å². The highest BCUT2D eigenvalue weighted by Crippen LogP contribution is 2.49. The molecule has 14 heavy (non-hydrogen) atoms. The van der Waals surface area contributed by atoms with Crippen molar-refractivity contribution in [2.24, 2.45) is 11.7 Å². The number of ether oxygens (including phenoxy) is 1. The summed E-state index contributed by atoms with van der Waals surface area (Å²) in [5.41, 5.74) is 6.33. The molecule has 0 spiro atoms. The molecule has 1 amide bonds. The van der Waals surface area contributed by atoms with Crippen molar-refractivity contribution in [3.05, 3.63) is 29.8 Å². The molecule has 1 aromatic carbocycles. The fraction of sp³-hybridized carbons (Fsp3) is 0.364. The third kappa shape index (κ3) is 1.45. The number of rotatable bonds is 3. The Morgan fingerprint density at radius 3 is 2.79 bits per heavy atom. The second-order valence-electron chi connectivity index (χ2n) is 3.59. The molecule has 0 aromatic heterocycles. The van der Waals surface area contributed by atoms with Crippen molar-refractivity contribution in [3.63, 3.8) is 0 Å². The molecule has 74 valence electrons. The molecule has 0 radical (unpaired) electrons. The van der Waals surface area contributed by atoms with E-state index in [1.165, 1.54) is 0 Å². The van der Waals surface area contributed by atoms with Crippen LogP contribution < -0.4 is 10.5 Å². The van der Waals surface area contributed by atoms with Gasteiger partial charge in [0.25, 0.3) is 0 Å². The topological polar surface area (TPSA) is 52.3 Å². The van der Waals surface area contributed by atoms with Crippen LogP contribution in [0.2, 0.25) is 0 Å². The van der Waals surface area contributed by atoms with Gasteiger partial charge in [-0.05, 0) is 24.0 Å². The minimum atomic E-state index is -0.207. The molecule has 1 saturated carbocycles. The molecule has 3 nitrogen and oxygen atoms in total. The molecule has 1 fully saturated rings. The molecule has 0 unspecified atom stereocenters. The van der Waals surface area contributed by atoms with Crippen LogP contribution in [0.5, 0.6) is 5.75 Å². The van der Waals surface area contributed by atoms with E-state index in [4.69, 9.17) is 10.5 Å².